The zero-order chi connectivity index (χ0) is 11.7. The third-order valence-electron chi connectivity index (χ3n) is 3.33. The Morgan fingerprint density at radius 3 is 2.75 bits per heavy atom. The Morgan fingerprint density at radius 2 is 2.25 bits per heavy atom. The van der Waals surface area contributed by atoms with Crippen molar-refractivity contribution in [1.29, 1.82) is 0 Å². The molecule has 0 amide bonds. The van der Waals surface area contributed by atoms with Gasteiger partial charge in [0.2, 0.25) is 0 Å². The first kappa shape index (κ1) is 11.4. The minimum Gasteiger partial charge on any atom is -0.494 e. The quantitative estimate of drug-likeness (QED) is 0.607. The second-order valence-corrected chi connectivity index (χ2v) is 4.38. The summed E-state index contributed by atoms with van der Waals surface area (Å²) in [6.07, 6.45) is 1.09. The number of nitrogens with two attached hydrogens (primary N) is 1. The van der Waals surface area contributed by atoms with Crippen molar-refractivity contribution in [2.75, 3.05) is 7.11 Å². The fourth-order valence-corrected chi connectivity index (χ4v) is 2.18. The van der Waals surface area contributed by atoms with Gasteiger partial charge in [0.15, 0.2) is 11.6 Å². The molecule has 1 aliphatic carbocycles. The summed E-state index contributed by atoms with van der Waals surface area (Å²) in [5, 5.41) is 0. The van der Waals surface area contributed by atoms with Gasteiger partial charge in [-0.1, -0.05) is 19.1 Å². The van der Waals surface area contributed by atoms with Gasteiger partial charge in [-0.05, 0) is 24.3 Å². The molecule has 4 heteroatoms. The number of halogens is 1. The number of hydrazine groups is 1. The van der Waals surface area contributed by atoms with Crippen LogP contribution in [0.4, 0.5) is 4.39 Å². The molecule has 2 rings (SSSR count). The summed E-state index contributed by atoms with van der Waals surface area (Å²) in [6.45, 7) is 2.15. The first-order valence-corrected chi connectivity index (χ1v) is 5.47. The molecule has 88 valence electrons. The van der Waals surface area contributed by atoms with Crippen LogP contribution in [-0.2, 0) is 0 Å². The summed E-state index contributed by atoms with van der Waals surface area (Å²) >= 11 is 0. The SMILES string of the molecule is COc1cccc(C(NN)C2CC2C)c1F. The molecule has 1 aliphatic rings. The predicted molar refractivity (Wildman–Crippen MR) is 60.3 cm³/mol. The molecule has 3 N–H and O–H groups in total. The molecule has 1 fully saturated rings. The summed E-state index contributed by atoms with van der Waals surface area (Å²) in [5.74, 6) is 6.49. The smallest absolute Gasteiger partial charge is 0.169 e. The highest BCUT2D eigenvalue weighted by Gasteiger charge is 2.41. The van der Waals surface area contributed by atoms with Gasteiger partial charge in [0.05, 0.1) is 13.2 Å². The van der Waals surface area contributed by atoms with Crippen LogP contribution in [0.5, 0.6) is 5.75 Å². The van der Waals surface area contributed by atoms with Crippen LogP contribution in [0.15, 0.2) is 18.2 Å². The molecule has 0 radical (unpaired) electrons. The minimum absolute atomic E-state index is 0.120. The monoisotopic (exact) mass is 224 g/mol. The van der Waals surface area contributed by atoms with E-state index in [0.717, 1.165) is 6.42 Å². The number of benzene rings is 1. The number of rotatable bonds is 4. The van der Waals surface area contributed by atoms with Crippen molar-refractivity contribution in [3.8, 4) is 5.75 Å². The van der Waals surface area contributed by atoms with Crippen molar-refractivity contribution < 1.29 is 9.13 Å². The molecule has 1 aromatic carbocycles. The maximum Gasteiger partial charge on any atom is 0.169 e. The van der Waals surface area contributed by atoms with Crippen LogP contribution >= 0.6 is 0 Å². The lowest BCUT2D eigenvalue weighted by atomic mass is 10.0. The molecule has 0 aliphatic heterocycles. The Hall–Kier alpha value is -1.13. The van der Waals surface area contributed by atoms with Crippen molar-refractivity contribution in [3.05, 3.63) is 29.6 Å². The van der Waals surface area contributed by atoms with E-state index in [0.29, 0.717) is 17.4 Å². The number of ether oxygens (including phenoxy) is 1. The van der Waals surface area contributed by atoms with E-state index in [4.69, 9.17) is 10.6 Å². The summed E-state index contributed by atoms with van der Waals surface area (Å²) in [6, 6.07) is 5.04. The molecule has 0 bridgehead atoms. The van der Waals surface area contributed by atoms with E-state index in [1.54, 1.807) is 18.2 Å². The van der Waals surface area contributed by atoms with Crippen molar-refractivity contribution in [3.63, 3.8) is 0 Å². The molecule has 0 spiro atoms. The Balaban J connectivity index is 2.31. The van der Waals surface area contributed by atoms with Crippen molar-refractivity contribution in [1.82, 2.24) is 5.43 Å². The van der Waals surface area contributed by atoms with Crippen LogP contribution in [0, 0.1) is 17.7 Å². The van der Waals surface area contributed by atoms with Crippen LogP contribution in [0.25, 0.3) is 0 Å². The van der Waals surface area contributed by atoms with Crippen molar-refractivity contribution in [2.45, 2.75) is 19.4 Å². The summed E-state index contributed by atoms with van der Waals surface area (Å²) in [4.78, 5) is 0. The molecule has 0 aromatic heterocycles. The normalized spacial score (nSPS) is 25.2. The fourth-order valence-electron chi connectivity index (χ4n) is 2.18. The molecule has 0 saturated heterocycles. The van der Waals surface area contributed by atoms with E-state index in [-0.39, 0.29) is 17.6 Å². The topological polar surface area (TPSA) is 47.3 Å². The van der Waals surface area contributed by atoms with Gasteiger partial charge in [-0.15, -0.1) is 0 Å². The lowest BCUT2D eigenvalue weighted by molar-refractivity contribution is 0.375. The number of nitrogens with one attached hydrogen (secondary N) is 1. The molecular weight excluding hydrogens is 207 g/mol. The van der Waals surface area contributed by atoms with Gasteiger partial charge < -0.3 is 4.74 Å². The first-order valence-electron chi connectivity index (χ1n) is 5.47. The Kier molecular flexibility index (Phi) is 3.12. The summed E-state index contributed by atoms with van der Waals surface area (Å²) in [5.41, 5.74) is 3.30. The Morgan fingerprint density at radius 1 is 1.56 bits per heavy atom. The zero-order valence-electron chi connectivity index (χ0n) is 9.53. The van der Waals surface area contributed by atoms with Crippen LogP contribution in [-0.4, -0.2) is 7.11 Å². The van der Waals surface area contributed by atoms with Gasteiger partial charge in [-0.2, -0.15) is 0 Å². The van der Waals surface area contributed by atoms with Gasteiger partial charge in [0, 0.05) is 5.56 Å². The van der Waals surface area contributed by atoms with Crippen LogP contribution in [0.2, 0.25) is 0 Å². The highest BCUT2D eigenvalue weighted by atomic mass is 19.1. The van der Waals surface area contributed by atoms with E-state index in [1.165, 1.54) is 7.11 Å². The third kappa shape index (κ3) is 1.90. The van der Waals surface area contributed by atoms with Crippen molar-refractivity contribution >= 4 is 0 Å². The lowest BCUT2D eigenvalue weighted by Gasteiger charge is -2.17. The van der Waals surface area contributed by atoms with E-state index in [1.807, 2.05) is 0 Å². The van der Waals surface area contributed by atoms with Crippen LogP contribution < -0.4 is 16.0 Å². The van der Waals surface area contributed by atoms with Gasteiger partial charge in [0.25, 0.3) is 0 Å². The molecule has 1 aromatic rings. The number of hydrogen-bond acceptors (Lipinski definition) is 3. The number of hydrogen-bond donors (Lipinski definition) is 2. The molecule has 3 nitrogen and oxygen atoms in total. The molecule has 1 saturated carbocycles. The molecule has 3 unspecified atom stereocenters. The third-order valence-corrected chi connectivity index (χ3v) is 3.33. The van der Waals surface area contributed by atoms with Crippen LogP contribution in [0.3, 0.4) is 0 Å². The maximum absolute atomic E-state index is 14.0. The maximum atomic E-state index is 14.0. The molecule has 3 atom stereocenters. The average molecular weight is 224 g/mol. The van der Waals surface area contributed by atoms with Crippen molar-refractivity contribution in [2.24, 2.45) is 17.7 Å². The largest absolute Gasteiger partial charge is 0.494 e. The fraction of sp³-hybridized carbons (Fsp3) is 0.500. The van der Waals surface area contributed by atoms with Gasteiger partial charge in [-0.3, -0.25) is 11.3 Å². The van der Waals surface area contributed by atoms with Gasteiger partial charge in [-0.25, -0.2) is 4.39 Å². The highest BCUT2D eigenvalue weighted by Crippen LogP contribution is 2.47. The zero-order valence-corrected chi connectivity index (χ0v) is 9.53. The van der Waals surface area contributed by atoms with E-state index >= 15 is 0 Å². The van der Waals surface area contributed by atoms with E-state index < -0.39 is 0 Å². The predicted octanol–water partition coefficient (Wildman–Crippen LogP) is 1.99. The first-order chi connectivity index (χ1) is 7.69. The number of methoxy groups -OCH3 is 1. The Labute approximate surface area is 94.8 Å². The summed E-state index contributed by atoms with van der Waals surface area (Å²) < 4.78 is 19.0. The minimum atomic E-state index is -0.313. The molecule has 0 heterocycles. The van der Waals surface area contributed by atoms with E-state index in [2.05, 4.69) is 12.3 Å². The lowest BCUT2D eigenvalue weighted by Crippen LogP contribution is -2.30. The highest BCUT2D eigenvalue weighted by molar-refractivity contribution is 5.34. The van der Waals surface area contributed by atoms with Gasteiger partial charge in [0.1, 0.15) is 0 Å². The standard InChI is InChI=1S/C12H17FN2O/c1-7-6-9(7)12(15-14)8-4-3-5-10(16-2)11(8)13/h3-5,7,9,12,15H,6,14H2,1-2H3. The second-order valence-electron chi connectivity index (χ2n) is 4.38. The molecular formula is C12H17FN2O. The summed E-state index contributed by atoms with van der Waals surface area (Å²) in [7, 11) is 1.47. The molecule has 16 heavy (non-hydrogen) atoms. The average Bonchev–Trinajstić information content (AvgIpc) is 2.99. The second kappa shape index (κ2) is 4.39. The van der Waals surface area contributed by atoms with E-state index in [9.17, 15) is 4.39 Å². The Bertz CT molecular complexity index is 383. The van der Waals surface area contributed by atoms with Crippen LogP contribution in [0.1, 0.15) is 24.9 Å². The van der Waals surface area contributed by atoms with Gasteiger partial charge >= 0.3 is 0 Å².